The second-order valence-corrected chi connectivity index (χ2v) is 9.49. The van der Waals surface area contributed by atoms with E-state index in [2.05, 4.69) is 21.2 Å². The van der Waals surface area contributed by atoms with Gasteiger partial charge in [-0.05, 0) is 81.5 Å². The lowest BCUT2D eigenvalue weighted by molar-refractivity contribution is -0.138. The molecule has 1 aromatic rings. The Hall–Kier alpha value is -1.03. The molecule has 1 amide bonds. The van der Waals surface area contributed by atoms with Crippen molar-refractivity contribution in [2.75, 3.05) is 11.9 Å². The molecule has 4 aliphatic carbocycles. The van der Waals surface area contributed by atoms with Gasteiger partial charge in [0, 0.05) is 10.0 Å². The van der Waals surface area contributed by atoms with Crippen LogP contribution in [0.5, 0.6) is 5.75 Å². The number of hydrogen-bond donors (Lipinski definition) is 1. The number of halogens is 1. The lowest BCUT2D eigenvalue weighted by Gasteiger charge is -2.59. The second-order valence-electron chi connectivity index (χ2n) is 7.80. The van der Waals surface area contributed by atoms with Gasteiger partial charge >= 0.3 is 0 Å². The summed E-state index contributed by atoms with van der Waals surface area (Å²) < 4.78 is 5.68. The topological polar surface area (TPSA) is 38.3 Å². The summed E-state index contributed by atoms with van der Waals surface area (Å²) in [5, 5.41) is 3.17. The predicted octanol–water partition coefficient (Wildman–Crippen LogP) is 4.76. The maximum atomic E-state index is 13.1. The average Bonchev–Trinajstić information content (AvgIpc) is 2.47. The standard InChI is InChI=1S/C19H24BrNO2/c1-2-23-16-5-3-15(4-6-16)21-17(22)18-8-13-7-14(9-18)11-19(20,10-13)12-18/h3-6,13-14H,2,7-12H2,1H3,(H,21,22)/t13-,14+,18?,19?. The molecule has 2 unspecified atom stereocenters. The van der Waals surface area contributed by atoms with E-state index in [9.17, 15) is 4.79 Å². The van der Waals surface area contributed by atoms with Gasteiger partial charge < -0.3 is 10.1 Å². The van der Waals surface area contributed by atoms with E-state index in [4.69, 9.17) is 4.74 Å². The van der Waals surface area contributed by atoms with Gasteiger partial charge in [0.15, 0.2) is 0 Å². The van der Waals surface area contributed by atoms with Crippen molar-refractivity contribution in [2.24, 2.45) is 17.3 Å². The summed E-state index contributed by atoms with van der Waals surface area (Å²) in [5.74, 6) is 2.52. The van der Waals surface area contributed by atoms with Crippen LogP contribution >= 0.6 is 15.9 Å². The summed E-state index contributed by atoms with van der Waals surface area (Å²) in [6.45, 7) is 2.63. The van der Waals surface area contributed by atoms with Crippen LogP contribution in [0.1, 0.15) is 45.4 Å². The molecule has 0 heterocycles. The van der Waals surface area contributed by atoms with Crippen LogP contribution in [-0.4, -0.2) is 16.8 Å². The molecule has 124 valence electrons. The summed E-state index contributed by atoms with van der Waals surface area (Å²) in [7, 11) is 0. The minimum Gasteiger partial charge on any atom is -0.494 e. The summed E-state index contributed by atoms with van der Waals surface area (Å²) in [5.41, 5.74) is 0.712. The zero-order valence-corrected chi connectivity index (χ0v) is 15.2. The normalized spacial score (nSPS) is 37.7. The molecular formula is C19H24BrNO2. The number of hydrogen-bond acceptors (Lipinski definition) is 2. The van der Waals surface area contributed by atoms with Gasteiger partial charge in [-0.3, -0.25) is 4.79 Å². The quantitative estimate of drug-likeness (QED) is 0.768. The van der Waals surface area contributed by atoms with Crippen LogP contribution < -0.4 is 10.1 Å². The van der Waals surface area contributed by atoms with E-state index >= 15 is 0 Å². The highest BCUT2D eigenvalue weighted by atomic mass is 79.9. The van der Waals surface area contributed by atoms with Gasteiger partial charge in [-0.2, -0.15) is 0 Å². The molecule has 0 aromatic heterocycles. The van der Waals surface area contributed by atoms with E-state index in [1.54, 1.807) is 0 Å². The van der Waals surface area contributed by atoms with Gasteiger partial charge in [0.1, 0.15) is 5.75 Å². The minimum atomic E-state index is -0.161. The third kappa shape index (κ3) is 2.79. The van der Waals surface area contributed by atoms with Crippen molar-refractivity contribution >= 4 is 27.5 Å². The van der Waals surface area contributed by atoms with Gasteiger partial charge in [0.25, 0.3) is 0 Å². The average molecular weight is 378 g/mol. The Morgan fingerprint density at radius 1 is 1.22 bits per heavy atom. The fraction of sp³-hybridized carbons (Fsp3) is 0.632. The lowest BCUT2D eigenvalue weighted by Crippen LogP contribution is -2.57. The summed E-state index contributed by atoms with van der Waals surface area (Å²) >= 11 is 3.98. The highest BCUT2D eigenvalue weighted by Gasteiger charge is 2.59. The zero-order chi connectivity index (χ0) is 16.1. The van der Waals surface area contributed by atoms with E-state index in [-0.39, 0.29) is 15.6 Å². The van der Waals surface area contributed by atoms with Crippen LogP contribution in [0.3, 0.4) is 0 Å². The molecule has 4 bridgehead atoms. The molecule has 4 fully saturated rings. The van der Waals surface area contributed by atoms with E-state index < -0.39 is 0 Å². The maximum Gasteiger partial charge on any atom is 0.230 e. The molecule has 5 rings (SSSR count). The lowest BCUT2D eigenvalue weighted by atomic mass is 9.49. The Kier molecular flexibility index (Phi) is 3.71. The van der Waals surface area contributed by atoms with Crippen molar-refractivity contribution in [3.8, 4) is 5.75 Å². The highest BCUT2D eigenvalue weighted by molar-refractivity contribution is 9.10. The first-order valence-electron chi connectivity index (χ1n) is 8.74. The van der Waals surface area contributed by atoms with Crippen LogP contribution in [0.4, 0.5) is 5.69 Å². The smallest absolute Gasteiger partial charge is 0.230 e. The van der Waals surface area contributed by atoms with Gasteiger partial charge in [-0.15, -0.1) is 0 Å². The molecule has 3 nitrogen and oxygen atoms in total. The number of carbonyl (C=O) groups is 1. The van der Waals surface area contributed by atoms with Gasteiger partial charge in [0.2, 0.25) is 5.91 Å². The number of ether oxygens (including phenoxy) is 1. The zero-order valence-electron chi connectivity index (χ0n) is 13.6. The molecule has 4 atom stereocenters. The molecule has 1 N–H and O–H groups in total. The van der Waals surface area contributed by atoms with Crippen molar-refractivity contribution in [1.82, 2.24) is 0 Å². The number of rotatable bonds is 4. The van der Waals surface area contributed by atoms with Crippen molar-refractivity contribution in [2.45, 2.75) is 49.8 Å². The van der Waals surface area contributed by atoms with Gasteiger partial charge in [0.05, 0.1) is 12.0 Å². The SMILES string of the molecule is CCOc1ccc(NC(=O)C23C[C@@H]4C[C@@H](CC(Br)(C4)C2)C3)cc1. The second kappa shape index (κ2) is 5.51. The van der Waals surface area contributed by atoms with Crippen molar-refractivity contribution in [3.05, 3.63) is 24.3 Å². The first kappa shape index (κ1) is 15.5. The fourth-order valence-corrected chi connectivity index (χ4v) is 6.93. The Balaban J connectivity index is 1.50. The molecule has 4 aliphatic rings. The first-order chi connectivity index (χ1) is 11.0. The highest BCUT2D eigenvalue weighted by Crippen LogP contribution is 2.64. The monoisotopic (exact) mass is 377 g/mol. The summed E-state index contributed by atoms with van der Waals surface area (Å²) in [4.78, 5) is 13.1. The summed E-state index contributed by atoms with van der Waals surface area (Å²) in [6, 6.07) is 7.72. The Bertz CT molecular complexity index is 598. The molecule has 4 heteroatoms. The van der Waals surface area contributed by atoms with Crippen LogP contribution in [-0.2, 0) is 4.79 Å². The van der Waals surface area contributed by atoms with Gasteiger partial charge in [-0.25, -0.2) is 0 Å². The number of alkyl halides is 1. The molecule has 0 aliphatic heterocycles. The number of benzene rings is 1. The fourth-order valence-electron chi connectivity index (χ4n) is 5.48. The van der Waals surface area contributed by atoms with Crippen molar-refractivity contribution in [3.63, 3.8) is 0 Å². The Morgan fingerprint density at radius 3 is 2.43 bits per heavy atom. The van der Waals surface area contributed by atoms with E-state index in [1.165, 1.54) is 19.3 Å². The number of carbonyl (C=O) groups excluding carboxylic acids is 1. The first-order valence-corrected chi connectivity index (χ1v) is 9.53. The molecule has 0 radical (unpaired) electrons. The molecule has 1 aromatic carbocycles. The van der Waals surface area contributed by atoms with Crippen LogP contribution in [0.2, 0.25) is 0 Å². The maximum absolute atomic E-state index is 13.1. The number of anilines is 1. The summed E-state index contributed by atoms with van der Waals surface area (Å²) in [6.07, 6.45) is 6.96. The molecule has 0 saturated heterocycles. The Labute approximate surface area is 146 Å². The van der Waals surface area contributed by atoms with Crippen molar-refractivity contribution < 1.29 is 9.53 Å². The third-order valence-electron chi connectivity index (χ3n) is 5.89. The molecule has 4 saturated carbocycles. The third-order valence-corrected chi connectivity index (χ3v) is 6.82. The molecular weight excluding hydrogens is 354 g/mol. The van der Waals surface area contributed by atoms with Crippen molar-refractivity contribution in [1.29, 1.82) is 0 Å². The van der Waals surface area contributed by atoms with Gasteiger partial charge in [-0.1, -0.05) is 15.9 Å². The predicted molar refractivity (Wildman–Crippen MR) is 95.0 cm³/mol. The number of amides is 1. The van der Waals surface area contributed by atoms with E-state index in [0.29, 0.717) is 6.61 Å². The van der Waals surface area contributed by atoms with E-state index in [0.717, 1.165) is 42.5 Å². The number of nitrogens with one attached hydrogen (secondary N) is 1. The molecule has 23 heavy (non-hydrogen) atoms. The van der Waals surface area contributed by atoms with Crippen LogP contribution in [0.15, 0.2) is 24.3 Å². The van der Waals surface area contributed by atoms with Crippen LogP contribution in [0.25, 0.3) is 0 Å². The largest absolute Gasteiger partial charge is 0.494 e. The molecule has 0 spiro atoms. The van der Waals surface area contributed by atoms with Crippen LogP contribution in [0, 0.1) is 17.3 Å². The Morgan fingerprint density at radius 2 is 1.87 bits per heavy atom. The minimum absolute atomic E-state index is 0.161. The van der Waals surface area contributed by atoms with E-state index in [1.807, 2.05) is 31.2 Å².